The first-order valence-electron chi connectivity index (χ1n) is 16.0. The van der Waals surface area contributed by atoms with E-state index in [1.165, 1.54) is 5.56 Å². The Morgan fingerprint density at radius 3 is 2.04 bits per heavy atom. The molecule has 0 fully saturated rings. The molecule has 3 aromatic carbocycles. The lowest BCUT2D eigenvalue weighted by Crippen LogP contribution is -2.30. The van der Waals surface area contributed by atoms with Crippen molar-refractivity contribution in [3.63, 3.8) is 0 Å². The average molecular weight is 617 g/mol. The van der Waals surface area contributed by atoms with Crippen LogP contribution in [0, 0.1) is 0 Å². The molecule has 242 valence electrons. The summed E-state index contributed by atoms with van der Waals surface area (Å²) in [5, 5.41) is 0. The average Bonchev–Trinajstić information content (AvgIpc) is 3.08. The fourth-order valence-electron chi connectivity index (χ4n) is 4.79. The number of aryl methyl sites for hydroxylation is 1. The Hall–Kier alpha value is -3.94. The molecule has 0 unspecified atom stereocenters. The highest BCUT2D eigenvalue weighted by Crippen LogP contribution is 2.18. The lowest BCUT2D eigenvalue weighted by atomic mass is 10.0. The van der Waals surface area contributed by atoms with Crippen molar-refractivity contribution in [2.75, 3.05) is 34.2 Å². The lowest BCUT2D eigenvalue weighted by Gasteiger charge is -2.18. The van der Waals surface area contributed by atoms with Crippen LogP contribution in [-0.2, 0) is 25.4 Å². The van der Waals surface area contributed by atoms with Crippen molar-refractivity contribution in [3.8, 4) is 11.5 Å². The quantitative estimate of drug-likeness (QED) is 0.0350. The molecule has 0 aliphatic heterocycles. The van der Waals surface area contributed by atoms with Crippen LogP contribution in [0.3, 0.4) is 0 Å². The van der Waals surface area contributed by atoms with Crippen LogP contribution < -0.4 is 9.47 Å². The van der Waals surface area contributed by atoms with E-state index in [1.54, 1.807) is 14.2 Å². The number of ketones is 1. The van der Waals surface area contributed by atoms with E-state index in [0.29, 0.717) is 12.2 Å². The third-order valence-electron chi connectivity index (χ3n) is 7.31. The first-order chi connectivity index (χ1) is 22.1. The Labute approximate surface area is 268 Å². The van der Waals surface area contributed by atoms with Crippen LogP contribution in [0.25, 0.3) is 0 Å². The van der Waals surface area contributed by atoms with Crippen LogP contribution >= 0.6 is 0 Å². The molecule has 45 heavy (non-hydrogen) atoms. The zero-order chi connectivity index (χ0) is 32.0. The van der Waals surface area contributed by atoms with E-state index < -0.39 is 6.10 Å². The standard InChI is InChI=1S/C38H48O7/c1-41-30-43-28-36(29-44-35-26-24-34(42-2)25-27-35)45-37(39)19-15-10-8-6-4-3-5-7-9-12-16-31-20-22-33(23-21-31)38(40)32-17-13-11-14-18-32/h5,7,11,13-14,17-18,20-27,36H,3-4,6,8-10,12,15-16,19,28-30H2,1-2H3/b7-5-/t36-/m1/s1. The maximum Gasteiger partial charge on any atom is 0.306 e. The van der Waals surface area contributed by atoms with Gasteiger partial charge < -0.3 is 23.7 Å². The van der Waals surface area contributed by atoms with Gasteiger partial charge in [0, 0.05) is 24.7 Å². The number of allylic oxidation sites excluding steroid dienone is 2. The van der Waals surface area contributed by atoms with E-state index in [4.69, 9.17) is 23.7 Å². The molecule has 3 rings (SSSR count). The van der Waals surface area contributed by atoms with Crippen LogP contribution in [0.1, 0.15) is 79.3 Å². The SMILES string of the molecule is COCOC[C@H](COc1ccc(OC)cc1)OC(=O)CCCCCCC/C=C\CCCc1ccc(C(=O)c2ccccc2)cc1. The van der Waals surface area contributed by atoms with Gasteiger partial charge in [-0.1, -0.05) is 86.0 Å². The largest absolute Gasteiger partial charge is 0.497 e. The summed E-state index contributed by atoms with van der Waals surface area (Å²) in [4.78, 5) is 25.0. The first kappa shape index (κ1) is 35.5. The van der Waals surface area contributed by atoms with E-state index in [0.717, 1.165) is 74.7 Å². The number of unbranched alkanes of at least 4 members (excludes halogenated alkanes) is 6. The predicted molar refractivity (Wildman–Crippen MR) is 177 cm³/mol. The summed E-state index contributed by atoms with van der Waals surface area (Å²) >= 11 is 0. The topological polar surface area (TPSA) is 80.3 Å². The second-order valence-electron chi connectivity index (χ2n) is 10.9. The number of carbonyl (C=O) groups excluding carboxylic acids is 2. The van der Waals surface area contributed by atoms with Crippen molar-refractivity contribution >= 4 is 11.8 Å². The lowest BCUT2D eigenvalue weighted by molar-refractivity contribution is -0.157. The fourth-order valence-corrected chi connectivity index (χ4v) is 4.79. The second-order valence-corrected chi connectivity index (χ2v) is 10.9. The van der Waals surface area contributed by atoms with Gasteiger partial charge in [0.05, 0.1) is 13.7 Å². The van der Waals surface area contributed by atoms with Gasteiger partial charge in [-0.05, 0) is 68.4 Å². The van der Waals surface area contributed by atoms with Gasteiger partial charge in [0.1, 0.15) is 24.9 Å². The molecule has 0 saturated heterocycles. The summed E-state index contributed by atoms with van der Waals surface area (Å²) in [6.07, 6.45) is 13.9. The summed E-state index contributed by atoms with van der Waals surface area (Å²) in [6.45, 7) is 0.521. The molecular weight excluding hydrogens is 568 g/mol. The van der Waals surface area contributed by atoms with Gasteiger partial charge in [0.15, 0.2) is 11.9 Å². The van der Waals surface area contributed by atoms with Gasteiger partial charge >= 0.3 is 5.97 Å². The highest BCUT2D eigenvalue weighted by Gasteiger charge is 2.16. The normalized spacial score (nSPS) is 11.8. The summed E-state index contributed by atoms with van der Waals surface area (Å²) in [5.74, 6) is 1.24. The zero-order valence-electron chi connectivity index (χ0n) is 26.8. The Kier molecular flexibility index (Phi) is 17.1. The first-order valence-corrected chi connectivity index (χ1v) is 16.0. The van der Waals surface area contributed by atoms with Crippen LogP contribution in [0.5, 0.6) is 11.5 Å². The number of carbonyl (C=O) groups is 2. The number of hydrogen-bond acceptors (Lipinski definition) is 7. The molecule has 0 amide bonds. The van der Waals surface area contributed by atoms with Crippen LogP contribution in [-0.4, -0.2) is 52.1 Å². The van der Waals surface area contributed by atoms with Gasteiger partial charge in [0.25, 0.3) is 0 Å². The maximum absolute atomic E-state index is 12.5. The molecular formula is C38H48O7. The Morgan fingerprint density at radius 2 is 1.33 bits per heavy atom. The van der Waals surface area contributed by atoms with Crippen LogP contribution in [0.15, 0.2) is 91.0 Å². The molecule has 0 aliphatic carbocycles. The number of hydrogen-bond donors (Lipinski definition) is 0. The number of benzene rings is 3. The number of rotatable bonds is 23. The molecule has 7 nitrogen and oxygen atoms in total. The highest BCUT2D eigenvalue weighted by atomic mass is 16.7. The maximum atomic E-state index is 12.5. The van der Waals surface area contributed by atoms with Crippen molar-refractivity contribution in [3.05, 3.63) is 108 Å². The van der Waals surface area contributed by atoms with Crippen molar-refractivity contribution in [2.24, 2.45) is 0 Å². The van der Waals surface area contributed by atoms with Crippen molar-refractivity contribution in [1.29, 1.82) is 0 Å². The fraction of sp³-hybridized carbons (Fsp3) is 0.421. The third-order valence-corrected chi connectivity index (χ3v) is 7.31. The molecule has 1 atom stereocenters. The smallest absolute Gasteiger partial charge is 0.306 e. The number of ether oxygens (including phenoxy) is 5. The summed E-state index contributed by atoms with van der Waals surface area (Å²) in [5.41, 5.74) is 2.71. The predicted octanol–water partition coefficient (Wildman–Crippen LogP) is 8.15. The van der Waals surface area contributed by atoms with E-state index in [-0.39, 0.29) is 31.8 Å². The highest BCUT2D eigenvalue weighted by molar-refractivity contribution is 6.08. The zero-order valence-corrected chi connectivity index (χ0v) is 26.8. The van der Waals surface area contributed by atoms with E-state index in [2.05, 4.69) is 24.3 Å². The molecule has 0 aliphatic rings. The minimum absolute atomic E-state index is 0.0636. The molecule has 0 N–H and O–H groups in total. The Morgan fingerprint density at radius 1 is 0.689 bits per heavy atom. The van der Waals surface area contributed by atoms with Crippen LogP contribution in [0.4, 0.5) is 0 Å². The van der Waals surface area contributed by atoms with Gasteiger partial charge in [0.2, 0.25) is 0 Å². The van der Waals surface area contributed by atoms with Crippen molar-refractivity contribution in [1.82, 2.24) is 0 Å². The minimum atomic E-state index is -0.516. The minimum Gasteiger partial charge on any atom is -0.497 e. The molecule has 0 heterocycles. The van der Waals surface area contributed by atoms with Gasteiger partial charge in [-0.25, -0.2) is 0 Å². The third kappa shape index (κ3) is 14.6. The van der Waals surface area contributed by atoms with Crippen LogP contribution in [0.2, 0.25) is 0 Å². The number of methoxy groups -OCH3 is 2. The monoisotopic (exact) mass is 616 g/mol. The summed E-state index contributed by atoms with van der Waals surface area (Å²) < 4.78 is 26.9. The second kappa shape index (κ2) is 21.7. The van der Waals surface area contributed by atoms with Crippen molar-refractivity contribution < 1.29 is 33.3 Å². The van der Waals surface area contributed by atoms with Gasteiger partial charge in [-0.3, -0.25) is 9.59 Å². The van der Waals surface area contributed by atoms with E-state index >= 15 is 0 Å². The molecule has 0 aromatic heterocycles. The van der Waals surface area contributed by atoms with E-state index in [1.807, 2.05) is 66.7 Å². The Bertz CT molecular complexity index is 1250. The molecule has 0 radical (unpaired) electrons. The molecule has 0 bridgehead atoms. The number of esters is 1. The summed E-state index contributed by atoms with van der Waals surface area (Å²) in [6, 6.07) is 24.6. The van der Waals surface area contributed by atoms with E-state index in [9.17, 15) is 9.59 Å². The molecule has 0 saturated carbocycles. The van der Waals surface area contributed by atoms with Gasteiger partial charge in [-0.2, -0.15) is 0 Å². The van der Waals surface area contributed by atoms with Crippen molar-refractivity contribution in [2.45, 2.75) is 70.3 Å². The van der Waals surface area contributed by atoms with Gasteiger partial charge in [-0.15, -0.1) is 0 Å². The molecule has 7 heteroatoms. The summed E-state index contributed by atoms with van der Waals surface area (Å²) in [7, 11) is 3.16. The Balaban J connectivity index is 1.20. The molecule has 3 aromatic rings. The molecule has 0 spiro atoms.